The van der Waals surface area contributed by atoms with Crippen LogP contribution in [0, 0.1) is 0 Å². The average Bonchev–Trinajstić information content (AvgIpc) is 2.63. The zero-order valence-electron chi connectivity index (χ0n) is 15.7. The Kier molecular flexibility index (Phi) is 12.1. The highest BCUT2D eigenvalue weighted by molar-refractivity contribution is 5.87. The van der Waals surface area contributed by atoms with Crippen molar-refractivity contribution in [2.24, 2.45) is 0 Å². The molecule has 0 unspecified atom stereocenters. The molecule has 27 heavy (non-hydrogen) atoms. The van der Waals surface area contributed by atoms with Crippen LogP contribution in [0.25, 0.3) is 0 Å². The van der Waals surface area contributed by atoms with E-state index in [0.717, 1.165) is 19.3 Å². The van der Waals surface area contributed by atoms with Crippen LogP contribution in [-0.4, -0.2) is 44.6 Å². The van der Waals surface area contributed by atoms with Gasteiger partial charge in [0.2, 0.25) is 0 Å². The third kappa shape index (κ3) is 14.2. The largest absolute Gasteiger partial charge is 0.478 e. The average molecular weight is 376 g/mol. The summed E-state index contributed by atoms with van der Waals surface area (Å²) in [6.07, 6.45) is 2.47. The van der Waals surface area contributed by atoms with Gasteiger partial charge >= 0.3 is 11.9 Å². The number of aliphatic hydroxyl groups excluding tert-OH is 1. The van der Waals surface area contributed by atoms with Gasteiger partial charge in [-0.05, 0) is 57.4 Å². The molecule has 2 aromatic rings. The fraction of sp³-hybridized carbons (Fsp3) is 0.333. The molecule has 0 fully saturated rings. The van der Waals surface area contributed by atoms with Crippen molar-refractivity contribution in [1.82, 2.24) is 0 Å². The van der Waals surface area contributed by atoms with E-state index in [0.29, 0.717) is 11.1 Å². The first-order valence-corrected chi connectivity index (χ1v) is 8.57. The molecule has 0 aliphatic heterocycles. The molecule has 0 atom stereocenters. The Labute approximate surface area is 159 Å². The van der Waals surface area contributed by atoms with Crippen molar-refractivity contribution in [1.29, 1.82) is 0 Å². The lowest BCUT2D eigenvalue weighted by Gasteiger charge is -2.15. The molecule has 0 saturated carbocycles. The van der Waals surface area contributed by atoms with E-state index in [4.69, 9.17) is 20.4 Å². The van der Waals surface area contributed by atoms with Gasteiger partial charge in [-0.1, -0.05) is 36.4 Å². The first-order valence-electron chi connectivity index (χ1n) is 8.57. The lowest BCUT2D eigenvalue weighted by atomic mass is 10.0. The SMILES string of the molecule is CC(C)(O)CCCCO.O=C(O)c1ccccc1.O=C(O)c1ccccc1. The molecule has 148 valence electrons. The molecule has 0 aliphatic rings. The quantitative estimate of drug-likeness (QED) is 0.572. The number of aromatic carboxylic acids is 2. The van der Waals surface area contributed by atoms with E-state index in [1.54, 1.807) is 74.5 Å². The standard InChI is InChI=1S/2C7H6O2.C7H16O2/c2*8-7(9)6-4-2-1-3-5-6;1-7(2,9)5-3-4-6-8/h2*1-5H,(H,8,9);8-9H,3-6H2,1-2H3. The number of carboxylic acid groups (broad SMARTS) is 2. The van der Waals surface area contributed by atoms with Gasteiger partial charge in [0.1, 0.15) is 0 Å². The minimum Gasteiger partial charge on any atom is -0.478 e. The highest BCUT2D eigenvalue weighted by Crippen LogP contribution is 2.10. The maximum absolute atomic E-state index is 10.2. The molecule has 4 N–H and O–H groups in total. The Hall–Kier alpha value is -2.70. The molecule has 0 aliphatic carbocycles. The zero-order valence-corrected chi connectivity index (χ0v) is 15.7. The van der Waals surface area contributed by atoms with Crippen molar-refractivity contribution in [2.75, 3.05) is 6.61 Å². The van der Waals surface area contributed by atoms with Gasteiger partial charge in [0.25, 0.3) is 0 Å². The van der Waals surface area contributed by atoms with E-state index < -0.39 is 17.5 Å². The van der Waals surface area contributed by atoms with Crippen molar-refractivity contribution in [3.05, 3.63) is 71.8 Å². The van der Waals surface area contributed by atoms with Crippen LogP contribution in [0.15, 0.2) is 60.7 Å². The van der Waals surface area contributed by atoms with E-state index >= 15 is 0 Å². The number of rotatable bonds is 6. The topological polar surface area (TPSA) is 115 Å². The van der Waals surface area contributed by atoms with E-state index in [-0.39, 0.29) is 6.61 Å². The monoisotopic (exact) mass is 376 g/mol. The van der Waals surface area contributed by atoms with Crippen molar-refractivity contribution >= 4 is 11.9 Å². The van der Waals surface area contributed by atoms with Crippen LogP contribution >= 0.6 is 0 Å². The summed E-state index contributed by atoms with van der Waals surface area (Å²) in [5, 5.41) is 34.3. The van der Waals surface area contributed by atoms with Gasteiger partial charge in [0.15, 0.2) is 0 Å². The highest BCUT2D eigenvalue weighted by Gasteiger charge is 2.10. The van der Waals surface area contributed by atoms with Crippen LogP contribution in [0.1, 0.15) is 53.8 Å². The van der Waals surface area contributed by atoms with Crippen molar-refractivity contribution in [3.63, 3.8) is 0 Å². The third-order valence-corrected chi connectivity index (χ3v) is 3.24. The van der Waals surface area contributed by atoms with E-state index in [9.17, 15) is 9.59 Å². The van der Waals surface area contributed by atoms with Crippen molar-refractivity contribution < 1.29 is 30.0 Å². The molecular formula is C21H28O6. The summed E-state index contributed by atoms with van der Waals surface area (Å²) in [4.78, 5) is 20.4. The molecular weight excluding hydrogens is 348 g/mol. The summed E-state index contributed by atoms with van der Waals surface area (Å²) in [5.74, 6) is -1.76. The maximum atomic E-state index is 10.2. The Morgan fingerprint density at radius 1 is 0.778 bits per heavy atom. The number of hydrogen-bond donors (Lipinski definition) is 4. The first-order chi connectivity index (χ1) is 12.7. The van der Waals surface area contributed by atoms with Gasteiger partial charge in [0, 0.05) is 6.61 Å². The normalized spacial score (nSPS) is 9.93. The van der Waals surface area contributed by atoms with Crippen LogP contribution in [0.2, 0.25) is 0 Å². The number of aliphatic hydroxyl groups is 2. The Bertz CT molecular complexity index is 598. The summed E-state index contributed by atoms with van der Waals surface area (Å²) in [5.41, 5.74) is 0.102. The van der Waals surface area contributed by atoms with Crippen LogP contribution in [0.4, 0.5) is 0 Å². The van der Waals surface area contributed by atoms with Gasteiger partial charge < -0.3 is 20.4 Å². The van der Waals surface area contributed by atoms with Gasteiger partial charge in [-0.2, -0.15) is 0 Å². The summed E-state index contributed by atoms with van der Waals surface area (Å²) in [6.45, 7) is 3.80. The van der Waals surface area contributed by atoms with Crippen molar-refractivity contribution in [2.45, 2.75) is 38.7 Å². The molecule has 0 heterocycles. The van der Waals surface area contributed by atoms with Gasteiger partial charge in [0.05, 0.1) is 16.7 Å². The number of benzene rings is 2. The number of carbonyl (C=O) groups is 2. The Morgan fingerprint density at radius 2 is 1.15 bits per heavy atom. The Balaban J connectivity index is 0.000000376. The van der Waals surface area contributed by atoms with Crippen LogP contribution in [0.3, 0.4) is 0 Å². The van der Waals surface area contributed by atoms with Crippen molar-refractivity contribution in [3.8, 4) is 0 Å². The number of unbranched alkanes of at least 4 members (excludes halogenated alkanes) is 1. The van der Waals surface area contributed by atoms with Gasteiger partial charge in [-0.3, -0.25) is 0 Å². The molecule has 0 aromatic heterocycles. The first kappa shape index (κ1) is 24.3. The zero-order chi connectivity index (χ0) is 20.7. The second-order valence-electron chi connectivity index (χ2n) is 6.34. The smallest absolute Gasteiger partial charge is 0.335 e. The third-order valence-electron chi connectivity index (χ3n) is 3.24. The summed E-state index contributed by atoms with van der Waals surface area (Å²) in [6, 6.07) is 16.6. The van der Waals surface area contributed by atoms with E-state index in [1.807, 2.05) is 0 Å². The van der Waals surface area contributed by atoms with Gasteiger partial charge in [-0.25, -0.2) is 9.59 Å². The van der Waals surface area contributed by atoms with Gasteiger partial charge in [-0.15, -0.1) is 0 Å². The minimum atomic E-state index is -0.879. The molecule has 2 aromatic carbocycles. The van der Waals surface area contributed by atoms with E-state index in [1.165, 1.54) is 0 Å². The highest BCUT2D eigenvalue weighted by atomic mass is 16.4. The predicted octanol–water partition coefficient (Wildman–Crippen LogP) is 3.69. The molecule has 0 bridgehead atoms. The van der Waals surface area contributed by atoms with Crippen LogP contribution in [-0.2, 0) is 0 Å². The van der Waals surface area contributed by atoms with Crippen LogP contribution < -0.4 is 0 Å². The molecule has 6 heteroatoms. The molecule has 0 amide bonds. The summed E-state index contributed by atoms with van der Waals surface area (Å²) >= 11 is 0. The number of carboxylic acids is 2. The predicted molar refractivity (Wildman–Crippen MR) is 104 cm³/mol. The lowest BCUT2D eigenvalue weighted by Crippen LogP contribution is -2.17. The fourth-order valence-corrected chi connectivity index (χ4v) is 1.83. The fourth-order valence-electron chi connectivity index (χ4n) is 1.83. The molecule has 6 nitrogen and oxygen atoms in total. The second-order valence-corrected chi connectivity index (χ2v) is 6.34. The number of hydrogen-bond acceptors (Lipinski definition) is 4. The second kappa shape index (κ2) is 13.5. The molecule has 2 rings (SSSR count). The molecule has 0 saturated heterocycles. The van der Waals surface area contributed by atoms with E-state index in [2.05, 4.69) is 0 Å². The lowest BCUT2D eigenvalue weighted by molar-refractivity contribution is 0.0663. The minimum absolute atomic E-state index is 0.232. The molecule has 0 radical (unpaired) electrons. The Morgan fingerprint density at radius 3 is 1.37 bits per heavy atom. The molecule has 0 spiro atoms. The summed E-state index contributed by atoms with van der Waals surface area (Å²) < 4.78 is 0. The van der Waals surface area contributed by atoms with Crippen LogP contribution in [0.5, 0.6) is 0 Å². The maximum Gasteiger partial charge on any atom is 0.335 e. The summed E-state index contributed by atoms with van der Waals surface area (Å²) in [7, 11) is 0.